The van der Waals surface area contributed by atoms with Crippen molar-refractivity contribution in [1.82, 2.24) is 5.32 Å². The van der Waals surface area contributed by atoms with E-state index in [1.54, 1.807) is 0 Å². The first-order valence-electron chi connectivity index (χ1n) is 7.14. The van der Waals surface area contributed by atoms with Crippen molar-refractivity contribution in [3.05, 3.63) is 35.4 Å². The molecule has 1 N–H and O–H groups in total. The number of aryl methyl sites for hydroxylation is 1. The molecule has 19 heavy (non-hydrogen) atoms. The first-order valence-corrected chi connectivity index (χ1v) is 7.67. The molecule has 0 aliphatic rings. The van der Waals surface area contributed by atoms with Crippen LogP contribution < -0.4 is 5.32 Å². The molecule has 0 fully saturated rings. The van der Waals surface area contributed by atoms with E-state index in [1.165, 1.54) is 5.56 Å². The van der Waals surface area contributed by atoms with E-state index in [2.05, 4.69) is 19.2 Å². The van der Waals surface area contributed by atoms with E-state index >= 15 is 0 Å². The number of halogens is 1. The first kappa shape index (κ1) is 16.0. The zero-order chi connectivity index (χ0) is 14.1. The second-order valence-corrected chi connectivity index (χ2v) is 5.27. The molecule has 106 valence electrons. The smallest absolute Gasteiger partial charge is 0.251 e. The number of carbonyl (C=O) groups excluding carboxylic acids is 1. The Labute approximate surface area is 121 Å². The van der Waals surface area contributed by atoms with Gasteiger partial charge in [-0.2, -0.15) is 0 Å². The summed E-state index contributed by atoms with van der Waals surface area (Å²) >= 11 is 5.78. The lowest BCUT2D eigenvalue weighted by Crippen LogP contribution is -2.29. The summed E-state index contributed by atoms with van der Waals surface area (Å²) < 4.78 is 0. The highest BCUT2D eigenvalue weighted by molar-refractivity contribution is 6.17. The molecule has 0 saturated carbocycles. The van der Waals surface area contributed by atoms with Gasteiger partial charge in [0.25, 0.3) is 5.91 Å². The summed E-state index contributed by atoms with van der Waals surface area (Å²) in [5.41, 5.74) is 1.99. The molecule has 1 amide bonds. The van der Waals surface area contributed by atoms with Gasteiger partial charge in [0.15, 0.2) is 0 Å². The van der Waals surface area contributed by atoms with Crippen molar-refractivity contribution in [3.63, 3.8) is 0 Å². The van der Waals surface area contributed by atoms with Crippen LogP contribution in [-0.4, -0.2) is 18.3 Å². The van der Waals surface area contributed by atoms with Gasteiger partial charge in [0.1, 0.15) is 0 Å². The Balaban J connectivity index is 2.48. The molecule has 1 atom stereocenters. The molecule has 1 aromatic rings. The number of nitrogens with one attached hydrogen (secondary N) is 1. The standard InChI is InChI=1S/C16H24ClNO/c1-3-5-14(10-11-17)12-18-16(19)15-8-6-13(4-2)7-9-15/h6-9,14H,3-5,10-12H2,1-2H3,(H,18,19). The third-order valence-electron chi connectivity index (χ3n) is 3.39. The van der Waals surface area contributed by atoms with Crippen LogP contribution in [0.5, 0.6) is 0 Å². The molecular weight excluding hydrogens is 258 g/mol. The molecule has 0 spiro atoms. The van der Waals surface area contributed by atoms with E-state index in [0.29, 0.717) is 11.8 Å². The Morgan fingerprint density at radius 3 is 2.42 bits per heavy atom. The average Bonchev–Trinajstić information content (AvgIpc) is 2.45. The fraction of sp³-hybridized carbons (Fsp3) is 0.562. The van der Waals surface area contributed by atoms with Crippen LogP contribution in [0.25, 0.3) is 0 Å². The van der Waals surface area contributed by atoms with E-state index < -0.39 is 0 Å². The third-order valence-corrected chi connectivity index (χ3v) is 3.61. The number of carbonyl (C=O) groups is 1. The van der Waals surface area contributed by atoms with Crippen molar-refractivity contribution < 1.29 is 4.79 Å². The molecule has 3 heteroatoms. The van der Waals surface area contributed by atoms with E-state index in [1.807, 2.05) is 24.3 Å². The summed E-state index contributed by atoms with van der Waals surface area (Å²) in [6.07, 6.45) is 4.20. The van der Waals surface area contributed by atoms with Gasteiger partial charge in [0.05, 0.1) is 0 Å². The Hall–Kier alpha value is -1.02. The predicted molar refractivity (Wildman–Crippen MR) is 81.9 cm³/mol. The van der Waals surface area contributed by atoms with Gasteiger partial charge in [-0.25, -0.2) is 0 Å². The Kier molecular flexibility index (Phi) is 7.57. The van der Waals surface area contributed by atoms with Crippen LogP contribution in [0, 0.1) is 5.92 Å². The summed E-state index contributed by atoms with van der Waals surface area (Å²) in [4.78, 5) is 12.0. The second-order valence-electron chi connectivity index (χ2n) is 4.89. The maximum atomic E-state index is 12.0. The third kappa shape index (κ3) is 5.65. The first-order chi connectivity index (χ1) is 9.21. The van der Waals surface area contributed by atoms with Crippen molar-refractivity contribution in [1.29, 1.82) is 0 Å². The maximum Gasteiger partial charge on any atom is 0.251 e. The van der Waals surface area contributed by atoms with Gasteiger partial charge < -0.3 is 5.32 Å². The van der Waals surface area contributed by atoms with Gasteiger partial charge in [-0.3, -0.25) is 4.79 Å². The molecule has 0 radical (unpaired) electrons. The monoisotopic (exact) mass is 281 g/mol. The van der Waals surface area contributed by atoms with Crippen molar-refractivity contribution in [3.8, 4) is 0 Å². The molecule has 0 aliphatic heterocycles. The largest absolute Gasteiger partial charge is 0.352 e. The predicted octanol–water partition coefficient (Wildman–Crippen LogP) is 4.02. The number of amides is 1. The van der Waals surface area contributed by atoms with E-state index in [0.717, 1.165) is 37.8 Å². The van der Waals surface area contributed by atoms with Crippen LogP contribution in [0.2, 0.25) is 0 Å². The fourth-order valence-corrected chi connectivity index (χ4v) is 2.45. The maximum absolute atomic E-state index is 12.0. The number of hydrogen-bond acceptors (Lipinski definition) is 1. The van der Waals surface area contributed by atoms with Crippen LogP contribution in [0.4, 0.5) is 0 Å². The Morgan fingerprint density at radius 2 is 1.89 bits per heavy atom. The normalized spacial score (nSPS) is 12.2. The molecule has 0 heterocycles. The highest BCUT2D eigenvalue weighted by atomic mass is 35.5. The van der Waals surface area contributed by atoms with E-state index in [-0.39, 0.29) is 5.91 Å². The molecule has 0 saturated heterocycles. The van der Waals surface area contributed by atoms with Crippen LogP contribution >= 0.6 is 11.6 Å². The highest BCUT2D eigenvalue weighted by Gasteiger charge is 2.10. The van der Waals surface area contributed by atoms with Gasteiger partial charge in [-0.1, -0.05) is 32.4 Å². The number of rotatable bonds is 8. The lowest BCUT2D eigenvalue weighted by Gasteiger charge is -2.15. The minimum absolute atomic E-state index is 0.0123. The molecule has 0 aliphatic carbocycles. The van der Waals surface area contributed by atoms with Gasteiger partial charge in [0, 0.05) is 18.0 Å². The molecule has 2 nitrogen and oxygen atoms in total. The summed E-state index contributed by atoms with van der Waals surface area (Å²) in [5.74, 6) is 1.16. The molecule has 0 bridgehead atoms. The van der Waals surface area contributed by atoms with Gasteiger partial charge in [0.2, 0.25) is 0 Å². The number of alkyl halides is 1. The van der Waals surface area contributed by atoms with Gasteiger partial charge in [-0.05, 0) is 42.9 Å². The van der Waals surface area contributed by atoms with Crippen molar-refractivity contribution >= 4 is 17.5 Å². The Bertz CT molecular complexity index is 369. The molecule has 1 rings (SSSR count). The van der Waals surface area contributed by atoms with E-state index in [9.17, 15) is 4.79 Å². The molecule has 1 unspecified atom stereocenters. The Morgan fingerprint density at radius 1 is 1.21 bits per heavy atom. The number of hydrogen-bond donors (Lipinski definition) is 1. The van der Waals surface area contributed by atoms with Gasteiger partial charge >= 0.3 is 0 Å². The molecular formula is C16H24ClNO. The minimum Gasteiger partial charge on any atom is -0.352 e. The average molecular weight is 282 g/mol. The quantitative estimate of drug-likeness (QED) is 0.716. The van der Waals surface area contributed by atoms with E-state index in [4.69, 9.17) is 11.6 Å². The topological polar surface area (TPSA) is 29.1 Å². The summed E-state index contributed by atoms with van der Waals surface area (Å²) in [6.45, 7) is 4.98. The zero-order valence-electron chi connectivity index (χ0n) is 11.9. The fourth-order valence-electron chi connectivity index (χ4n) is 2.14. The number of benzene rings is 1. The second kappa shape index (κ2) is 8.98. The highest BCUT2D eigenvalue weighted by Crippen LogP contribution is 2.11. The zero-order valence-corrected chi connectivity index (χ0v) is 12.7. The lowest BCUT2D eigenvalue weighted by molar-refractivity contribution is 0.0946. The summed E-state index contributed by atoms with van der Waals surface area (Å²) in [7, 11) is 0. The minimum atomic E-state index is 0.0123. The van der Waals surface area contributed by atoms with Gasteiger partial charge in [-0.15, -0.1) is 11.6 Å². The SMILES string of the molecule is CCCC(CCCl)CNC(=O)c1ccc(CC)cc1. The van der Waals surface area contributed by atoms with Crippen LogP contribution in [0.3, 0.4) is 0 Å². The molecule has 1 aromatic carbocycles. The van der Waals surface area contributed by atoms with Crippen LogP contribution in [0.15, 0.2) is 24.3 Å². The van der Waals surface area contributed by atoms with Crippen molar-refractivity contribution in [2.24, 2.45) is 5.92 Å². The lowest BCUT2D eigenvalue weighted by atomic mass is 10.0. The molecule has 0 aromatic heterocycles. The van der Waals surface area contributed by atoms with Crippen molar-refractivity contribution in [2.45, 2.75) is 39.5 Å². The summed E-state index contributed by atoms with van der Waals surface area (Å²) in [5, 5.41) is 3.01. The summed E-state index contributed by atoms with van der Waals surface area (Å²) in [6, 6.07) is 7.81. The van der Waals surface area contributed by atoms with Crippen LogP contribution in [-0.2, 0) is 6.42 Å². The van der Waals surface area contributed by atoms with Crippen molar-refractivity contribution in [2.75, 3.05) is 12.4 Å². The van der Waals surface area contributed by atoms with Crippen LogP contribution in [0.1, 0.15) is 49.0 Å².